The van der Waals surface area contributed by atoms with Gasteiger partial charge < -0.3 is 15.5 Å². The van der Waals surface area contributed by atoms with Crippen LogP contribution in [0.1, 0.15) is 48.9 Å². The van der Waals surface area contributed by atoms with Gasteiger partial charge in [0.25, 0.3) is 5.91 Å². The summed E-state index contributed by atoms with van der Waals surface area (Å²) in [5.74, 6) is 0.724. The predicted molar refractivity (Wildman–Crippen MR) is 105 cm³/mol. The van der Waals surface area contributed by atoms with Crippen LogP contribution in [0.25, 0.3) is 0 Å². The van der Waals surface area contributed by atoms with Crippen molar-refractivity contribution >= 4 is 23.1 Å². The number of pyridine rings is 1. The van der Waals surface area contributed by atoms with Gasteiger partial charge in [0.1, 0.15) is 5.82 Å². The van der Waals surface area contributed by atoms with E-state index in [0.29, 0.717) is 11.6 Å². The maximum atomic E-state index is 12.3. The number of carbonyl (C=O) groups excluding carboxylic acids is 1. The smallest absolute Gasteiger partial charge is 0.253 e. The van der Waals surface area contributed by atoms with E-state index in [1.807, 2.05) is 12.1 Å². The Morgan fingerprint density at radius 2 is 1.69 bits per heavy atom. The fourth-order valence-electron chi connectivity index (χ4n) is 3.82. The molecule has 5 nitrogen and oxygen atoms in total. The number of carbonyl (C=O) groups is 1. The zero-order chi connectivity index (χ0) is 17.8. The van der Waals surface area contributed by atoms with E-state index in [-0.39, 0.29) is 5.91 Å². The van der Waals surface area contributed by atoms with Gasteiger partial charge in [-0.2, -0.15) is 0 Å². The van der Waals surface area contributed by atoms with Crippen molar-refractivity contribution in [1.82, 2.24) is 10.3 Å². The van der Waals surface area contributed by atoms with Gasteiger partial charge in [-0.25, -0.2) is 4.98 Å². The molecule has 2 N–H and O–H groups in total. The molecule has 0 bridgehead atoms. The molecular formula is C21H26N4O. The third-order valence-electron chi connectivity index (χ3n) is 5.33. The van der Waals surface area contributed by atoms with Gasteiger partial charge in [0.15, 0.2) is 0 Å². The largest absolute Gasteiger partial charge is 0.372 e. The molecule has 1 aromatic carbocycles. The van der Waals surface area contributed by atoms with Crippen LogP contribution in [0.5, 0.6) is 0 Å². The molecule has 1 aliphatic carbocycles. The summed E-state index contributed by atoms with van der Waals surface area (Å²) in [5, 5.41) is 6.39. The maximum absolute atomic E-state index is 12.3. The summed E-state index contributed by atoms with van der Waals surface area (Å²) in [6.45, 7) is 2.30. The van der Waals surface area contributed by atoms with Crippen LogP contribution in [0.4, 0.5) is 17.2 Å². The molecule has 1 aromatic heterocycles. The lowest BCUT2D eigenvalue weighted by Gasteiger charge is -2.18. The number of hydrogen-bond acceptors (Lipinski definition) is 4. The Labute approximate surface area is 154 Å². The Balaban J connectivity index is 1.35. The van der Waals surface area contributed by atoms with Crippen LogP contribution in [0, 0.1) is 0 Å². The van der Waals surface area contributed by atoms with Gasteiger partial charge in [-0.1, -0.05) is 12.8 Å². The van der Waals surface area contributed by atoms with E-state index in [1.165, 1.54) is 31.4 Å². The molecule has 0 radical (unpaired) electrons. The first-order valence-corrected chi connectivity index (χ1v) is 9.67. The average Bonchev–Trinajstić information content (AvgIpc) is 3.37. The quantitative estimate of drug-likeness (QED) is 0.852. The van der Waals surface area contributed by atoms with Crippen molar-refractivity contribution in [3.8, 4) is 0 Å². The van der Waals surface area contributed by atoms with Crippen molar-refractivity contribution in [1.29, 1.82) is 0 Å². The minimum absolute atomic E-state index is 0.0223. The summed E-state index contributed by atoms with van der Waals surface area (Å²) < 4.78 is 0. The molecule has 136 valence electrons. The van der Waals surface area contributed by atoms with Crippen molar-refractivity contribution in [2.24, 2.45) is 0 Å². The molecule has 2 aliphatic rings. The Morgan fingerprint density at radius 3 is 2.35 bits per heavy atom. The van der Waals surface area contributed by atoms with E-state index < -0.39 is 0 Å². The summed E-state index contributed by atoms with van der Waals surface area (Å²) in [5.41, 5.74) is 2.90. The number of nitrogens with one attached hydrogen (secondary N) is 2. The van der Waals surface area contributed by atoms with Gasteiger partial charge in [-0.15, -0.1) is 0 Å². The number of amides is 1. The number of nitrogens with zero attached hydrogens (tertiary/aromatic N) is 2. The van der Waals surface area contributed by atoms with Gasteiger partial charge >= 0.3 is 0 Å². The molecule has 1 saturated heterocycles. The van der Waals surface area contributed by atoms with Gasteiger partial charge in [0, 0.05) is 36.7 Å². The highest BCUT2D eigenvalue weighted by molar-refractivity contribution is 5.94. The number of aromatic nitrogens is 1. The highest BCUT2D eigenvalue weighted by atomic mass is 16.1. The Morgan fingerprint density at radius 1 is 0.962 bits per heavy atom. The van der Waals surface area contributed by atoms with Crippen LogP contribution in [0.3, 0.4) is 0 Å². The fourth-order valence-corrected chi connectivity index (χ4v) is 3.82. The summed E-state index contributed by atoms with van der Waals surface area (Å²) >= 11 is 0. The van der Waals surface area contributed by atoms with E-state index in [0.717, 1.165) is 37.4 Å². The molecule has 4 rings (SSSR count). The van der Waals surface area contributed by atoms with E-state index in [4.69, 9.17) is 0 Å². The van der Waals surface area contributed by atoms with Gasteiger partial charge in [-0.05, 0) is 62.1 Å². The third kappa shape index (κ3) is 3.98. The van der Waals surface area contributed by atoms with Crippen LogP contribution in [-0.2, 0) is 0 Å². The lowest BCUT2D eigenvalue weighted by atomic mass is 10.2. The van der Waals surface area contributed by atoms with Crippen molar-refractivity contribution in [2.75, 3.05) is 23.3 Å². The second kappa shape index (κ2) is 7.77. The molecule has 0 unspecified atom stereocenters. The summed E-state index contributed by atoms with van der Waals surface area (Å²) in [4.78, 5) is 19.1. The lowest BCUT2D eigenvalue weighted by molar-refractivity contribution is 0.0937. The monoisotopic (exact) mass is 350 g/mol. The van der Waals surface area contributed by atoms with Crippen LogP contribution in [0.15, 0.2) is 42.6 Å². The molecule has 1 amide bonds. The molecule has 0 spiro atoms. The van der Waals surface area contributed by atoms with Gasteiger partial charge in [-0.3, -0.25) is 4.79 Å². The van der Waals surface area contributed by atoms with Crippen molar-refractivity contribution < 1.29 is 4.79 Å². The number of hydrogen-bond donors (Lipinski definition) is 2. The Bertz CT molecular complexity index is 730. The normalized spacial score (nSPS) is 17.5. The van der Waals surface area contributed by atoms with Crippen LogP contribution in [-0.4, -0.2) is 30.0 Å². The highest BCUT2D eigenvalue weighted by Crippen LogP contribution is 2.23. The molecule has 5 heteroatoms. The first-order chi connectivity index (χ1) is 12.8. The number of benzene rings is 1. The average molecular weight is 350 g/mol. The summed E-state index contributed by atoms with van der Waals surface area (Å²) in [6.07, 6.45) is 8.81. The van der Waals surface area contributed by atoms with E-state index >= 15 is 0 Å². The Kier molecular flexibility index (Phi) is 5.04. The van der Waals surface area contributed by atoms with Crippen LogP contribution in [0.2, 0.25) is 0 Å². The highest BCUT2D eigenvalue weighted by Gasteiger charge is 2.18. The van der Waals surface area contributed by atoms with E-state index in [1.54, 1.807) is 6.20 Å². The Hall–Kier alpha value is -2.56. The molecule has 2 heterocycles. The fraction of sp³-hybridized carbons (Fsp3) is 0.429. The second-order valence-electron chi connectivity index (χ2n) is 7.25. The minimum Gasteiger partial charge on any atom is -0.372 e. The molecule has 26 heavy (non-hydrogen) atoms. The van der Waals surface area contributed by atoms with Crippen LogP contribution < -0.4 is 15.5 Å². The zero-order valence-corrected chi connectivity index (χ0v) is 15.1. The van der Waals surface area contributed by atoms with Crippen molar-refractivity contribution in [3.05, 3.63) is 48.2 Å². The molecule has 2 aromatic rings. The van der Waals surface area contributed by atoms with Crippen molar-refractivity contribution in [3.63, 3.8) is 0 Å². The third-order valence-corrected chi connectivity index (χ3v) is 5.33. The SMILES string of the molecule is O=C(NC1CCCC1)c1ccc(Nc2ccc(N3CCCC3)cc2)nc1. The first-order valence-electron chi connectivity index (χ1n) is 9.67. The second-order valence-corrected chi connectivity index (χ2v) is 7.25. The number of anilines is 3. The van der Waals surface area contributed by atoms with Crippen LogP contribution >= 0.6 is 0 Å². The minimum atomic E-state index is -0.0223. The topological polar surface area (TPSA) is 57.3 Å². The van der Waals surface area contributed by atoms with Crippen molar-refractivity contribution in [2.45, 2.75) is 44.6 Å². The molecule has 0 atom stereocenters. The van der Waals surface area contributed by atoms with Gasteiger partial charge in [0.05, 0.1) is 5.56 Å². The predicted octanol–water partition coefficient (Wildman–Crippen LogP) is 4.10. The first kappa shape index (κ1) is 16.9. The van der Waals surface area contributed by atoms with E-state index in [9.17, 15) is 4.79 Å². The molecule has 2 fully saturated rings. The summed E-state index contributed by atoms with van der Waals surface area (Å²) in [6, 6.07) is 12.5. The standard InChI is InChI=1S/C21H26N4O/c26-21(24-17-5-1-2-6-17)16-7-12-20(22-15-16)23-18-8-10-19(11-9-18)25-13-3-4-14-25/h7-12,15,17H,1-6,13-14H2,(H,22,23)(H,24,26). The molecular weight excluding hydrogens is 324 g/mol. The van der Waals surface area contributed by atoms with Gasteiger partial charge in [0.2, 0.25) is 0 Å². The lowest BCUT2D eigenvalue weighted by Crippen LogP contribution is -2.32. The molecule has 1 aliphatic heterocycles. The number of rotatable bonds is 5. The summed E-state index contributed by atoms with van der Waals surface area (Å²) in [7, 11) is 0. The van der Waals surface area contributed by atoms with E-state index in [2.05, 4.69) is 44.8 Å². The maximum Gasteiger partial charge on any atom is 0.253 e. The molecule has 1 saturated carbocycles. The zero-order valence-electron chi connectivity index (χ0n) is 15.1.